The van der Waals surface area contributed by atoms with E-state index in [1.165, 1.54) is 11.9 Å². The quantitative estimate of drug-likeness (QED) is 0.571. The number of likely N-dealkylation sites (N-methyl/N-ethyl adjacent to an activating group) is 1. The van der Waals surface area contributed by atoms with E-state index in [9.17, 15) is 9.59 Å². The molecule has 0 spiro atoms. The van der Waals surface area contributed by atoms with Crippen LogP contribution in [0.25, 0.3) is 0 Å². The fraction of sp³-hybridized carbons (Fsp3) is 0.182. The number of benzene rings is 1. The summed E-state index contributed by atoms with van der Waals surface area (Å²) >= 11 is 0. The molecule has 0 radical (unpaired) electrons. The van der Waals surface area contributed by atoms with Crippen molar-refractivity contribution in [3.63, 3.8) is 0 Å². The first kappa shape index (κ1) is 11.7. The molecule has 0 aromatic heterocycles. The normalized spacial score (nSPS) is 9.00. The lowest BCUT2D eigenvalue weighted by Crippen LogP contribution is -2.41. The Kier molecular flexibility index (Phi) is 4.04. The zero-order valence-corrected chi connectivity index (χ0v) is 8.80. The predicted octanol–water partition coefficient (Wildman–Crippen LogP) is 0.289. The number of amides is 2. The van der Waals surface area contributed by atoms with Gasteiger partial charge in [0.25, 0.3) is 0 Å². The smallest absolute Gasteiger partial charge is 0.316 e. The largest absolute Gasteiger partial charge is 0.335 e. The average molecular weight is 217 g/mol. The van der Waals surface area contributed by atoms with Crippen molar-refractivity contribution < 1.29 is 9.59 Å². The van der Waals surface area contributed by atoms with Gasteiger partial charge >= 0.3 is 11.8 Å². The minimum absolute atomic E-state index is 0.173. The molecule has 0 aliphatic carbocycles. The highest BCUT2D eigenvalue weighted by Crippen LogP contribution is 2.10. The molecular formula is C11H11N3O2. The van der Waals surface area contributed by atoms with Gasteiger partial charge in [-0.1, -0.05) is 18.2 Å². The molecule has 0 saturated heterocycles. The second-order valence-electron chi connectivity index (χ2n) is 3.04. The van der Waals surface area contributed by atoms with Gasteiger partial charge in [0.15, 0.2) is 0 Å². The molecule has 0 aliphatic heterocycles. The van der Waals surface area contributed by atoms with Gasteiger partial charge in [-0.05, 0) is 12.1 Å². The van der Waals surface area contributed by atoms with E-state index in [0.29, 0.717) is 5.69 Å². The summed E-state index contributed by atoms with van der Waals surface area (Å²) in [5.41, 5.74) is 0.625. The summed E-state index contributed by atoms with van der Waals surface area (Å²) in [5.74, 6) is -1.48. The molecule has 82 valence electrons. The van der Waals surface area contributed by atoms with E-state index in [1.54, 1.807) is 30.3 Å². The summed E-state index contributed by atoms with van der Waals surface area (Å²) in [6, 6.07) is 10.5. The molecule has 1 rings (SSSR count). The topological polar surface area (TPSA) is 73.2 Å². The molecule has 2 amide bonds. The second-order valence-corrected chi connectivity index (χ2v) is 3.04. The number of nitrogens with one attached hydrogen (secondary N) is 1. The molecule has 5 nitrogen and oxygen atoms in total. The first-order chi connectivity index (χ1) is 7.66. The monoisotopic (exact) mass is 217 g/mol. The molecule has 16 heavy (non-hydrogen) atoms. The average Bonchev–Trinajstić information content (AvgIpc) is 2.35. The molecule has 0 atom stereocenters. The van der Waals surface area contributed by atoms with Gasteiger partial charge in [-0.2, -0.15) is 5.26 Å². The number of carbonyl (C=O) groups excluding carboxylic acids is 2. The van der Waals surface area contributed by atoms with Gasteiger partial charge in [-0.3, -0.25) is 9.59 Å². The summed E-state index contributed by atoms with van der Waals surface area (Å²) < 4.78 is 0. The summed E-state index contributed by atoms with van der Waals surface area (Å²) in [7, 11) is 1.50. The summed E-state index contributed by atoms with van der Waals surface area (Å²) in [6.07, 6.45) is 0. The van der Waals surface area contributed by atoms with Crippen molar-refractivity contribution >= 4 is 17.5 Å². The fourth-order valence-corrected chi connectivity index (χ4v) is 1.12. The number of hydrogen-bond donors (Lipinski definition) is 1. The Hall–Kier alpha value is -2.35. The molecule has 5 heteroatoms. The predicted molar refractivity (Wildman–Crippen MR) is 58.5 cm³/mol. The SMILES string of the molecule is CN(C(=O)C(=O)NCC#N)c1ccccc1. The van der Waals surface area contributed by atoms with Crippen LogP contribution >= 0.6 is 0 Å². The van der Waals surface area contributed by atoms with Crippen molar-refractivity contribution in [1.29, 1.82) is 5.26 Å². The lowest BCUT2D eigenvalue weighted by molar-refractivity contribution is -0.137. The number of anilines is 1. The number of nitriles is 1. The molecule has 0 fully saturated rings. The van der Waals surface area contributed by atoms with Crippen LogP contribution < -0.4 is 10.2 Å². The third-order valence-corrected chi connectivity index (χ3v) is 1.97. The van der Waals surface area contributed by atoms with Gasteiger partial charge < -0.3 is 10.2 Å². The van der Waals surface area contributed by atoms with Gasteiger partial charge in [-0.15, -0.1) is 0 Å². The molecule has 1 aromatic carbocycles. The van der Waals surface area contributed by atoms with Crippen molar-refractivity contribution in [2.75, 3.05) is 18.5 Å². The number of carbonyl (C=O) groups is 2. The number of hydrogen-bond acceptors (Lipinski definition) is 3. The van der Waals surface area contributed by atoms with Gasteiger partial charge in [0, 0.05) is 12.7 Å². The molecule has 1 aromatic rings. The van der Waals surface area contributed by atoms with Crippen molar-refractivity contribution in [3.05, 3.63) is 30.3 Å². The number of nitrogens with zero attached hydrogens (tertiary/aromatic N) is 2. The Labute approximate surface area is 93.3 Å². The van der Waals surface area contributed by atoms with E-state index >= 15 is 0 Å². The zero-order chi connectivity index (χ0) is 12.0. The van der Waals surface area contributed by atoms with Crippen LogP contribution in [-0.2, 0) is 9.59 Å². The van der Waals surface area contributed by atoms with Crippen LogP contribution in [0.2, 0.25) is 0 Å². The van der Waals surface area contributed by atoms with E-state index < -0.39 is 11.8 Å². The first-order valence-electron chi connectivity index (χ1n) is 4.64. The highest BCUT2D eigenvalue weighted by molar-refractivity contribution is 6.40. The zero-order valence-electron chi connectivity index (χ0n) is 8.80. The van der Waals surface area contributed by atoms with Crippen molar-refractivity contribution in [1.82, 2.24) is 5.32 Å². The van der Waals surface area contributed by atoms with Crippen molar-refractivity contribution in [2.45, 2.75) is 0 Å². The highest BCUT2D eigenvalue weighted by atomic mass is 16.2. The third-order valence-electron chi connectivity index (χ3n) is 1.97. The van der Waals surface area contributed by atoms with E-state index in [4.69, 9.17) is 5.26 Å². The fourth-order valence-electron chi connectivity index (χ4n) is 1.12. The first-order valence-corrected chi connectivity index (χ1v) is 4.64. The summed E-state index contributed by atoms with van der Waals surface area (Å²) in [5, 5.41) is 10.5. The maximum atomic E-state index is 11.6. The number of rotatable bonds is 2. The van der Waals surface area contributed by atoms with Crippen molar-refractivity contribution in [3.8, 4) is 6.07 Å². The third kappa shape index (κ3) is 2.82. The lowest BCUT2D eigenvalue weighted by atomic mass is 10.3. The van der Waals surface area contributed by atoms with E-state index in [-0.39, 0.29) is 6.54 Å². The summed E-state index contributed by atoms with van der Waals surface area (Å²) in [4.78, 5) is 24.0. The molecule has 0 unspecified atom stereocenters. The molecular weight excluding hydrogens is 206 g/mol. The van der Waals surface area contributed by atoms with Crippen LogP contribution in [0.1, 0.15) is 0 Å². The van der Waals surface area contributed by atoms with Crippen LogP contribution in [0.5, 0.6) is 0 Å². The van der Waals surface area contributed by atoms with Crippen LogP contribution in [0, 0.1) is 11.3 Å². The Morgan fingerprint density at radius 2 is 2.00 bits per heavy atom. The Balaban J connectivity index is 2.68. The Morgan fingerprint density at radius 3 is 2.56 bits per heavy atom. The second kappa shape index (κ2) is 5.51. The Morgan fingerprint density at radius 1 is 1.38 bits per heavy atom. The van der Waals surface area contributed by atoms with Crippen LogP contribution in [0.15, 0.2) is 30.3 Å². The molecule has 0 bridgehead atoms. The van der Waals surface area contributed by atoms with Crippen LogP contribution in [0.3, 0.4) is 0 Å². The Bertz CT molecular complexity index is 423. The lowest BCUT2D eigenvalue weighted by Gasteiger charge is -2.15. The maximum Gasteiger partial charge on any atom is 0.316 e. The van der Waals surface area contributed by atoms with Gasteiger partial charge in [0.05, 0.1) is 6.07 Å². The summed E-state index contributed by atoms with van der Waals surface area (Å²) in [6.45, 7) is -0.173. The molecule has 0 heterocycles. The molecule has 1 N–H and O–H groups in total. The van der Waals surface area contributed by atoms with E-state index in [2.05, 4.69) is 5.32 Å². The maximum absolute atomic E-state index is 11.6. The molecule has 0 aliphatic rings. The molecule has 0 saturated carbocycles. The van der Waals surface area contributed by atoms with E-state index in [1.807, 2.05) is 6.07 Å². The minimum atomic E-state index is -0.784. The van der Waals surface area contributed by atoms with Crippen LogP contribution in [0.4, 0.5) is 5.69 Å². The van der Waals surface area contributed by atoms with Gasteiger partial charge in [-0.25, -0.2) is 0 Å². The van der Waals surface area contributed by atoms with Crippen molar-refractivity contribution in [2.24, 2.45) is 0 Å². The van der Waals surface area contributed by atoms with Crippen LogP contribution in [-0.4, -0.2) is 25.4 Å². The number of para-hydroxylation sites is 1. The highest BCUT2D eigenvalue weighted by Gasteiger charge is 2.18. The van der Waals surface area contributed by atoms with Gasteiger partial charge in [0.1, 0.15) is 6.54 Å². The van der Waals surface area contributed by atoms with E-state index in [0.717, 1.165) is 0 Å². The standard InChI is InChI=1S/C11H11N3O2/c1-14(9-5-3-2-4-6-9)11(16)10(15)13-8-7-12/h2-6H,8H2,1H3,(H,13,15). The van der Waals surface area contributed by atoms with Gasteiger partial charge in [0.2, 0.25) is 0 Å². The minimum Gasteiger partial charge on any atom is -0.335 e.